The molecule has 0 spiro atoms. The third-order valence-corrected chi connectivity index (χ3v) is 3.15. The normalized spacial score (nSPS) is 11.3. The molecule has 5 heteroatoms. The Morgan fingerprint density at radius 1 is 1.23 bits per heavy atom. The van der Waals surface area contributed by atoms with Crippen molar-refractivity contribution in [1.29, 1.82) is 5.26 Å². The van der Waals surface area contributed by atoms with Gasteiger partial charge in [-0.15, -0.1) is 0 Å². The predicted molar refractivity (Wildman–Crippen MR) is 83.9 cm³/mol. The first-order chi connectivity index (χ1) is 10.6. The highest BCUT2D eigenvalue weighted by molar-refractivity contribution is 5.96. The van der Waals surface area contributed by atoms with Gasteiger partial charge < -0.3 is 10.6 Å². The van der Waals surface area contributed by atoms with Crippen LogP contribution in [-0.4, -0.2) is 11.9 Å². The molecule has 0 aliphatic heterocycles. The fourth-order valence-electron chi connectivity index (χ4n) is 1.93. The third-order valence-electron chi connectivity index (χ3n) is 3.15. The number of para-hydroxylation sites is 1. The molecule has 2 rings (SSSR count). The molecule has 2 aromatic rings. The van der Waals surface area contributed by atoms with Crippen molar-refractivity contribution in [2.24, 2.45) is 0 Å². The van der Waals surface area contributed by atoms with Gasteiger partial charge in [0, 0.05) is 5.69 Å². The Kier molecular flexibility index (Phi) is 5.10. The zero-order valence-electron chi connectivity index (χ0n) is 12.1. The van der Waals surface area contributed by atoms with Crippen molar-refractivity contribution >= 4 is 17.3 Å². The van der Waals surface area contributed by atoms with Crippen molar-refractivity contribution in [3.05, 3.63) is 59.9 Å². The van der Waals surface area contributed by atoms with E-state index in [1.807, 2.05) is 12.1 Å². The Labute approximate surface area is 128 Å². The second-order valence-electron chi connectivity index (χ2n) is 4.87. The van der Waals surface area contributed by atoms with Gasteiger partial charge in [0.15, 0.2) is 0 Å². The van der Waals surface area contributed by atoms with Gasteiger partial charge in [-0.3, -0.25) is 4.79 Å². The Hall–Kier alpha value is -2.87. The number of nitrogens with one attached hydrogen (secondary N) is 2. The summed E-state index contributed by atoms with van der Waals surface area (Å²) in [5.74, 6) is -0.796. The van der Waals surface area contributed by atoms with E-state index in [9.17, 15) is 9.18 Å². The summed E-state index contributed by atoms with van der Waals surface area (Å²) in [5.41, 5.74) is 1.83. The van der Waals surface area contributed by atoms with Crippen LogP contribution in [0.15, 0.2) is 48.5 Å². The van der Waals surface area contributed by atoms with E-state index in [1.165, 1.54) is 12.1 Å². The lowest BCUT2D eigenvalue weighted by Gasteiger charge is -2.15. The summed E-state index contributed by atoms with van der Waals surface area (Å²) < 4.78 is 13.5. The molecule has 22 heavy (non-hydrogen) atoms. The van der Waals surface area contributed by atoms with E-state index in [2.05, 4.69) is 16.7 Å². The second kappa shape index (κ2) is 7.23. The number of hydrogen-bond donors (Lipinski definition) is 2. The molecule has 0 aromatic heterocycles. The fraction of sp³-hybridized carbons (Fsp3) is 0.176. The Bertz CT molecular complexity index is 692. The second-order valence-corrected chi connectivity index (χ2v) is 4.87. The van der Waals surface area contributed by atoms with Gasteiger partial charge in [-0.05, 0) is 36.8 Å². The monoisotopic (exact) mass is 297 g/mol. The number of halogens is 1. The Morgan fingerprint density at radius 2 is 1.91 bits per heavy atom. The minimum absolute atomic E-state index is 0.158. The van der Waals surface area contributed by atoms with Crippen LogP contribution in [0.4, 0.5) is 15.8 Å². The zero-order chi connectivity index (χ0) is 15.9. The molecule has 0 saturated carbocycles. The molecule has 0 bridgehead atoms. The lowest BCUT2D eigenvalue weighted by Crippen LogP contribution is -2.32. The van der Waals surface area contributed by atoms with Crippen molar-refractivity contribution in [1.82, 2.24) is 0 Å². The molecule has 1 amide bonds. The molecule has 0 fully saturated rings. The molecular weight excluding hydrogens is 281 g/mol. The van der Waals surface area contributed by atoms with Crippen molar-refractivity contribution in [3.8, 4) is 6.07 Å². The van der Waals surface area contributed by atoms with Crippen LogP contribution in [0.5, 0.6) is 0 Å². The van der Waals surface area contributed by atoms with Crippen molar-refractivity contribution in [3.63, 3.8) is 0 Å². The number of carbonyl (C=O) groups is 1. The van der Waals surface area contributed by atoms with E-state index >= 15 is 0 Å². The average molecular weight is 297 g/mol. The van der Waals surface area contributed by atoms with Crippen LogP contribution >= 0.6 is 0 Å². The van der Waals surface area contributed by atoms with Gasteiger partial charge in [0.2, 0.25) is 5.91 Å². The van der Waals surface area contributed by atoms with E-state index in [-0.39, 0.29) is 11.6 Å². The SMILES string of the molecule is CC(Nc1ccc(CC#N)cc1)C(=O)Nc1ccccc1F. The molecule has 0 heterocycles. The van der Waals surface area contributed by atoms with Gasteiger partial charge in [0.1, 0.15) is 11.9 Å². The van der Waals surface area contributed by atoms with Crippen molar-refractivity contribution < 1.29 is 9.18 Å². The summed E-state index contributed by atoms with van der Waals surface area (Å²) in [6.45, 7) is 1.69. The van der Waals surface area contributed by atoms with E-state index in [1.54, 1.807) is 31.2 Å². The number of nitriles is 1. The van der Waals surface area contributed by atoms with Crippen LogP contribution in [0, 0.1) is 17.1 Å². The van der Waals surface area contributed by atoms with Crippen LogP contribution in [-0.2, 0) is 11.2 Å². The first-order valence-electron chi connectivity index (χ1n) is 6.88. The standard InChI is InChI=1S/C17H16FN3O/c1-12(17(22)21-16-5-3-2-4-15(16)18)20-14-8-6-13(7-9-14)10-11-19/h2-9,12,20H,10H2,1H3,(H,21,22). The van der Waals surface area contributed by atoms with Gasteiger partial charge in [-0.25, -0.2) is 4.39 Å². The van der Waals surface area contributed by atoms with E-state index < -0.39 is 11.9 Å². The largest absolute Gasteiger partial charge is 0.374 e. The Balaban J connectivity index is 1.96. The molecule has 0 aliphatic carbocycles. The van der Waals surface area contributed by atoms with Gasteiger partial charge in [0.05, 0.1) is 18.2 Å². The highest BCUT2D eigenvalue weighted by Crippen LogP contribution is 2.14. The van der Waals surface area contributed by atoms with E-state index in [0.29, 0.717) is 6.42 Å². The fourth-order valence-corrected chi connectivity index (χ4v) is 1.93. The summed E-state index contributed by atoms with van der Waals surface area (Å²) >= 11 is 0. The van der Waals surface area contributed by atoms with Crippen LogP contribution in [0.2, 0.25) is 0 Å². The molecule has 4 nitrogen and oxygen atoms in total. The summed E-state index contributed by atoms with van der Waals surface area (Å²) in [6, 6.07) is 14.8. The molecular formula is C17H16FN3O. The number of rotatable bonds is 5. The molecule has 0 radical (unpaired) electrons. The van der Waals surface area contributed by atoms with Gasteiger partial charge in [-0.1, -0.05) is 24.3 Å². The van der Waals surface area contributed by atoms with Crippen molar-refractivity contribution in [2.75, 3.05) is 10.6 Å². The molecule has 1 unspecified atom stereocenters. The minimum atomic E-state index is -0.526. The number of anilines is 2. The summed E-state index contributed by atoms with van der Waals surface area (Å²) in [7, 11) is 0. The molecule has 1 atom stereocenters. The number of amides is 1. The molecule has 2 N–H and O–H groups in total. The highest BCUT2D eigenvalue weighted by atomic mass is 19.1. The van der Waals surface area contributed by atoms with E-state index in [0.717, 1.165) is 11.3 Å². The molecule has 0 aliphatic rings. The number of benzene rings is 2. The maximum absolute atomic E-state index is 13.5. The molecule has 112 valence electrons. The number of hydrogen-bond acceptors (Lipinski definition) is 3. The maximum atomic E-state index is 13.5. The first kappa shape index (κ1) is 15.5. The van der Waals surface area contributed by atoms with Crippen LogP contribution < -0.4 is 10.6 Å². The van der Waals surface area contributed by atoms with Gasteiger partial charge in [-0.2, -0.15) is 5.26 Å². The van der Waals surface area contributed by atoms with Crippen molar-refractivity contribution in [2.45, 2.75) is 19.4 Å². The summed E-state index contributed by atoms with van der Waals surface area (Å²) in [4.78, 5) is 12.1. The smallest absolute Gasteiger partial charge is 0.246 e. The van der Waals surface area contributed by atoms with Crippen LogP contribution in [0.3, 0.4) is 0 Å². The van der Waals surface area contributed by atoms with Gasteiger partial charge >= 0.3 is 0 Å². The lowest BCUT2D eigenvalue weighted by atomic mass is 10.1. The first-order valence-corrected chi connectivity index (χ1v) is 6.88. The molecule has 0 saturated heterocycles. The van der Waals surface area contributed by atoms with E-state index in [4.69, 9.17) is 5.26 Å². The quantitative estimate of drug-likeness (QED) is 0.889. The lowest BCUT2D eigenvalue weighted by molar-refractivity contribution is -0.116. The molecule has 2 aromatic carbocycles. The third kappa shape index (κ3) is 4.06. The summed E-state index contributed by atoms with van der Waals surface area (Å²) in [6.07, 6.45) is 0.351. The highest BCUT2D eigenvalue weighted by Gasteiger charge is 2.14. The Morgan fingerprint density at radius 3 is 2.55 bits per heavy atom. The number of carbonyl (C=O) groups excluding carboxylic acids is 1. The average Bonchev–Trinajstić information content (AvgIpc) is 2.51. The van der Waals surface area contributed by atoms with Crippen LogP contribution in [0.25, 0.3) is 0 Å². The van der Waals surface area contributed by atoms with Gasteiger partial charge in [0.25, 0.3) is 0 Å². The zero-order valence-corrected chi connectivity index (χ0v) is 12.1. The van der Waals surface area contributed by atoms with Crippen LogP contribution in [0.1, 0.15) is 12.5 Å². The summed E-state index contributed by atoms with van der Waals surface area (Å²) in [5, 5.41) is 14.2. The minimum Gasteiger partial charge on any atom is -0.374 e. The maximum Gasteiger partial charge on any atom is 0.246 e. The topological polar surface area (TPSA) is 64.9 Å². The predicted octanol–water partition coefficient (Wildman–Crippen LogP) is 3.33. The number of nitrogens with zero attached hydrogens (tertiary/aromatic N) is 1.